The van der Waals surface area contributed by atoms with Crippen molar-refractivity contribution in [2.24, 2.45) is 7.05 Å². The predicted molar refractivity (Wildman–Crippen MR) is 117 cm³/mol. The number of pyridine rings is 1. The Balaban J connectivity index is 2.09. The molecule has 1 unspecified atom stereocenters. The molecule has 0 aliphatic heterocycles. The van der Waals surface area contributed by atoms with Crippen LogP contribution in [0, 0.1) is 5.82 Å². The number of anilines is 1. The van der Waals surface area contributed by atoms with Crippen molar-refractivity contribution in [1.29, 1.82) is 0 Å². The molecular weight excluding hydrogens is 476 g/mol. The Morgan fingerprint density at radius 2 is 1.89 bits per heavy atom. The van der Waals surface area contributed by atoms with E-state index in [0.29, 0.717) is 5.76 Å². The molecule has 186 valence electrons. The van der Waals surface area contributed by atoms with Gasteiger partial charge >= 0.3 is 11.9 Å². The lowest BCUT2D eigenvalue weighted by atomic mass is 10.2. The topological polar surface area (TPSA) is 111 Å². The molecule has 1 aromatic carbocycles. The number of halogens is 4. The third kappa shape index (κ3) is 5.13. The zero-order chi connectivity index (χ0) is 26.1. The summed E-state index contributed by atoms with van der Waals surface area (Å²) in [6.07, 6.45) is -4.19. The Morgan fingerprint density at radius 3 is 2.51 bits per heavy atom. The van der Waals surface area contributed by atoms with Gasteiger partial charge in [-0.1, -0.05) is 6.58 Å². The zero-order valence-corrected chi connectivity index (χ0v) is 18.7. The van der Waals surface area contributed by atoms with Gasteiger partial charge in [-0.15, -0.1) is 0 Å². The molecule has 0 radical (unpaired) electrons. The van der Waals surface area contributed by atoms with Gasteiger partial charge in [-0.2, -0.15) is 13.2 Å². The first kappa shape index (κ1) is 25.3. The molecule has 35 heavy (non-hydrogen) atoms. The monoisotopic (exact) mass is 496 g/mol. The summed E-state index contributed by atoms with van der Waals surface area (Å²) in [4.78, 5) is 29.0. The maximum Gasteiger partial charge on any atom is 0.431 e. The average molecular weight is 496 g/mol. The Labute approximate surface area is 195 Å². The third-order valence-electron chi connectivity index (χ3n) is 4.89. The van der Waals surface area contributed by atoms with Crippen LogP contribution in [-0.2, 0) is 18.0 Å². The second kappa shape index (κ2) is 9.52. The first-order chi connectivity index (χ1) is 16.3. The van der Waals surface area contributed by atoms with Crippen LogP contribution < -0.4 is 26.5 Å². The zero-order valence-electron chi connectivity index (χ0n) is 18.7. The van der Waals surface area contributed by atoms with Gasteiger partial charge in [0.25, 0.3) is 11.4 Å². The summed E-state index contributed by atoms with van der Waals surface area (Å²) in [7, 11) is 2.22. The number of hydrogen-bond acceptors (Lipinski definition) is 7. The normalized spacial score (nSPS) is 12.2. The van der Waals surface area contributed by atoms with Gasteiger partial charge in [0.1, 0.15) is 17.3 Å². The van der Waals surface area contributed by atoms with E-state index in [0.717, 1.165) is 19.2 Å². The van der Waals surface area contributed by atoms with Crippen LogP contribution in [-0.4, -0.2) is 27.3 Å². The minimum atomic E-state index is -4.97. The van der Waals surface area contributed by atoms with E-state index in [1.807, 2.05) is 0 Å². The van der Waals surface area contributed by atoms with E-state index in [2.05, 4.69) is 11.6 Å². The van der Waals surface area contributed by atoms with Gasteiger partial charge in [0.05, 0.1) is 18.5 Å². The molecule has 9 nitrogen and oxygen atoms in total. The van der Waals surface area contributed by atoms with Crippen molar-refractivity contribution < 1.29 is 31.8 Å². The molecule has 0 saturated carbocycles. The molecule has 1 atom stereocenters. The van der Waals surface area contributed by atoms with Crippen LogP contribution in [0.15, 0.2) is 58.5 Å². The predicted octanol–water partition coefficient (Wildman–Crippen LogP) is 3.39. The molecule has 0 fully saturated rings. The lowest BCUT2D eigenvalue weighted by molar-refractivity contribution is -0.144. The van der Waals surface area contributed by atoms with Crippen LogP contribution in [0.1, 0.15) is 12.6 Å². The summed E-state index contributed by atoms with van der Waals surface area (Å²) >= 11 is 0. The highest BCUT2D eigenvalue weighted by atomic mass is 19.4. The number of rotatable bonds is 7. The fourth-order valence-corrected chi connectivity index (χ4v) is 3.00. The lowest BCUT2D eigenvalue weighted by Crippen LogP contribution is -2.41. The van der Waals surface area contributed by atoms with Crippen molar-refractivity contribution in [2.45, 2.75) is 19.2 Å². The minimum absolute atomic E-state index is 0.00825. The van der Waals surface area contributed by atoms with Crippen molar-refractivity contribution in [1.82, 2.24) is 14.1 Å². The molecular formula is C22H20F4N4O5. The first-order valence-electron chi connectivity index (χ1n) is 9.87. The molecule has 3 aromatic rings. The minimum Gasteiger partial charge on any atom is -0.498 e. The molecule has 0 aliphatic rings. The first-order valence-corrected chi connectivity index (χ1v) is 9.87. The van der Waals surface area contributed by atoms with Crippen molar-refractivity contribution in [3.05, 3.63) is 81.2 Å². The van der Waals surface area contributed by atoms with Gasteiger partial charge in [-0.3, -0.25) is 9.36 Å². The smallest absolute Gasteiger partial charge is 0.431 e. The average Bonchev–Trinajstić information content (AvgIpc) is 2.78. The van der Waals surface area contributed by atoms with Gasteiger partial charge in [0.15, 0.2) is 17.6 Å². The number of alkyl halides is 3. The van der Waals surface area contributed by atoms with Crippen LogP contribution in [0.4, 0.5) is 23.2 Å². The molecule has 0 spiro atoms. The molecule has 2 N–H and O–H groups in total. The molecule has 0 aliphatic carbocycles. The third-order valence-corrected chi connectivity index (χ3v) is 4.89. The second-order valence-electron chi connectivity index (χ2n) is 7.22. The number of benzene rings is 1. The largest absolute Gasteiger partial charge is 0.498 e. The Hall–Kier alpha value is -4.29. The molecule has 3 rings (SSSR count). The van der Waals surface area contributed by atoms with E-state index < -0.39 is 40.7 Å². The Morgan fingerprint density at radius 1 is 1.20 bits per heavy atom. The standard InChI is InChI=1S/C22H20F4N4O5/c1-11(33-4)12(2)34-20-16(6-5-7-28-20)35-17-9-15(13(23)8-14(17)27)30-19(31)10-18(22(24,25)26)29(3)21(30)32/h5-10,12H,1,27H2,2-4H3. The number of ether oxygens (including phenoxy) is 3. The SMILES string of the molecule is C=C(OC)C(C)Oc1ncccc1Oc1cc(-n2c(=O)cc(C(F)(F)F)n(C)c2=O)c(F)cc1N. The molecule has 13 heteroatoms. The summed E-state index contributed by atoms with van der Waals surface area (Å²) in [6.45, 7) is 5.33. The van der Waals surface area contributed by atoms with E-state index in [1.165, 1.54) is 25.4 Å². The van der Waals surface area contributed by atoms with Crippen LogP contribution in [0.25, 0.3) is 5.69 Å². The Kier molecular flexibility index (Phi) is 6.89. The van der Waals surface area contributed by atoms with E-state index >= 15 is 0 Å². The van der Waals surface area contributed by atoms with Crippen LogP contribution in [0.2, 0.25) is 0 Å². The highest BCUT2D eigenvalue weighted by Gasteiger charge is 2.35. The van der Waals surface area contributed by atoms with Crippen LogP contribution in [0.5, 0.6) is 17.4 Å². The number of hydrogen-bond donors (Lipinski definition) is 1. The van der Waals surface area contributed by atoms with E-state index in [4.69, 9.17) is 19.9 Å². The molecule has 0 saturated heterocycles. The maximum atomic E-state index is 14.7. The number of nitrogens with two attached hydrogens (primary N) is 1. The number of nitrogen functional groups attached to an aromatic ring is 1. The Bertz CT molecular complexity index is 1400. The lowest BCUT2D eigenvalue weighted by Gasteiger charge is -2.18. The summed E-state index contributed by atoms with van der Waals surface area (Å²) in [5, 5.41) is 0. The van der Waals surface area contributed by atoms with E-state index in [1.54, 1.807) is 6.92 Å². The van der Waals surface area contributed by atoms with Crippen molar-refractivity contribution in [3.63, 3.8) is 0 Å². The van der Waals surface area contributed by atoms with Crippen molar-refractivity contribution >= 4 is 5.69 Å². The molecule has 2 heterocycles. The van der Waals surface area contributed by atoms with E-state index in [-0.39, 0.29) is 38.3 Å². The fourth-order valence-electron chi connectivity index (χ4n) is 3.00. The highest BCUT2D eigenvalue weighted by molar-refractivity contribution is 5.60. The van der Waals surface area contributed by atoms with Crippen molar-refractivity contribution in [3.8, 4) is 23.1 Å². The van der Waals surface area contributed by atoms with Gasteiger partial charge in [-0.05, 0) is 19.1 Å². The van der Waals surface area contributed by atoms with Gasteiger partial charge < -0.3 is 19.9 Å². The van der Waals surface area contributed by atoms with Gasteiger partial charge in [0.2, 0.25) is 0 Å². The summed E-state index contributed by atoms with van der Waals surface area (Å²) in [6, 6.07) is 4.83. The number of methoxy groups -OCH3 is 1. The quantitative estimate of drug-likeness (QED) is 0.303. The van der Waals surface area contributed by atoms with Crippen molar-refractivity contribution in [2.75, 3.05) is 12.8 Å². The number of aromatic nitrogens is 3. The fraction of sp³-hybridized carbons (Fsp3) is 0.227. The molecule has 0 bridgehead atoms. The van der Waals surface area contributed by atoms with E-state index in [9.17, 15) is 27.2 Å². The summed E-state index contributed by atoms with van der Waals surface area (Å²) in [5.74, 6) is -1.04. The van der Waals surface area contributed by atoms with Gasteiger partial charge in [-0.25, -0.2) is 18.7 Å². The van der Waals surface area contributed by atoms with Gasteiger partial charge in [0, 0.05) is 31.4 Å². The van der Waals surface area contributed by atoms with Crippen LogP contribution >= 0.6 is 0 Å². The summed E-state index contributed by atoms with van der Waals surface area (Å²) in [5.41, 5.74) is 0.648. The molecule has 0 amide bonds. The van der Waals surface area contributed by atoms with Crippen LogP contribution in [0.3, 0.4) is 0 Å². The highest BCUT2D eigenvalue weighted by Crippen LogP contribution is 2.35. The molecule has 2 aromatic heterocycles. The number of nitrogens with zero attached hydrogens (tertiary/aromatic N) is 3. The summed E-state index contributed by atoms with van der Waals surface area (Å²) < 4.78 is 70.9. The maximum absolute atomic E-state index is 14.7. The second-order valence-corrected chi connectivity index (χ2v) is 7.22.